The van der Waals surface area contributed by atoms with Crippen LogP contribution < -0.4 is 4.74 Å². The minimum Gasteiger partial charge on any atom is -0.486 e. The topological polar surface area (TPSA) is 97.8 Å². The molecule has 2 heterocycles. The van der Waals surface area contributed by atoms with Crippen molar-refractivity contribution in [1.82, 2.24) is 14.5 Å². The van der Waals surface area contributed by atoms with Crippen molar-refractivity contribution in [1.29, 1.82) is 0 Å². The number of carboxylic acid groups (broad SMARTS) is 1. The largest absolute Gasteiger partial charge is 0.486 e. The van der Waals surface area contributed by atoms with Gasteiger partial charge in [0.15, 0.2) is 17.4 Å². The van der Waals surface area contributed by atoms with Crippen molar-refractivity contribution in [2.24, 2.45) is 7.05 Å². The highest BCUT2D eigenvalue weighted by molar-refractivity contribution is 7.98. The number of aliphatic carboxylic acids is 1. The zero-order valence-corrected chi connectivity index (χ0v) is 20.8. The fourth-order valence-electron chi connectivity index (χ4n) is 3.64. The second-order valence-corrected chi connectivity index (χ2v) is 8.98. The Morgan fingerprint density at radius 3 is 2.51 bits per heavy atom. The standard InChI is InChI=1S/C26H23F2N3O5S/c1-30-11-17(29-15-30)12-31(13-25(32)33)26(34)23-8-7-19(36-23)14-35-18-5-3-16(4-6-18)20-9-21(27)22(28)10-24(20)37-2/h3-11,15H,12-14H2,1-2H3,(H,32,33). The molecule has 2 aromatic heterocycles. The predicted octanol–water partition coefficient (Wildman–Crippen LogP) is 4.99. The summed E-state index contributed by atoms with van der Waals surface area (Å²) in [6.07, 6.45) is 5.05. The van der Waals surface area contributed by atoms with Crippen LogP contribution in [0.25, 0.3) is 11.1 Å². The van der Waals surface area contributed by atoms with Crippen molar-refractivity contribution in [2.45, 2.75) is 18.0 Å². The first kappa shape index (κ1) is 26.0. The number of nitrogens with zero attached hydrogens (tertiary/aromatic N) is 3. The van der Waals surface area contributed by atoms with Crippen molar-refractivity contribution < 1.29 is 32.6 Å². The number of carbonyl (C=O) groups is 2. The van der Waals surface area contributed by atoms with Crippen LogP contribution in [0.5, 0.6) is 5.75 Å². The molecule has 4 rings (SSSR count). The highest BCUT2D eigenvalue weighted by Crippen LogP contribution is 2.33. The minimum absolute atomic E-state index is 0.0149. The molecule has 1 N–H and O–H groups in total. The fraction of sp³-hybridized carbons (Fsp3) is 0.192. The van der Waals surface area contributed by atoms with Crippen molar-refractivity contribution in [2.75, 3.05) is 12.8 Å². The van der Waals surface area contributed by atoms with E-state index in [0.717, 1.165) is 4.90 Å². The Kier molecular flexibility index (Phi) is 7.92. The number of furan rings is 1. The Morgan fingerprint density at radius 2 is 1.86 bits per heavy atom. The highest BCUT2D eigenvalue weighted by Gasteiger charge is 2.23. The number of aryl methyl sites for hydroxylation is 1. The molecular formula is C26H23F2N3O5S. The van der Waals surface area contributed by atoms with Crippen LogP contribution in [0.3, 0.4) is 0 Å². The van der Waals surface area contributed by atoms with Crippen LogP contribution in [0.1, 0.15) is 22.0 Å². The summed E-state index contributed by atoms with van der Waals surface area (Å²) in [5, 5.41) is 9.22. The molecule has 2 aromatic carbocycles. The van der Waals surface area contributed by atoms with Crippen molar-refractivity contribution in [3.8, 4) is 16.9 Å². The van der Waals surface area contributed by atoms with Gasteiger partial charge in [0.1, 0.15) is 24.7 Å². The normalized spacial score (nSPS) is 10.9. The van der Waals surface area contributed by atoms with E-state index < -0.39 is 30.1 Å². The lowest BCUT2D eigenvalue weighted by Crippen LogP contribution is -2.35. The summed E-state index contributed by atoms with van der Waals surface area (Å²) in [5.41, 5.74) is 1.82. The monoisotopic (exact) mass is 527 g/mol. The number of carboxylic acids is 1. The summed E-state index contributed by atoms with van der Waals surface area (Å²) < 4.78 is 40.4. The van der Waals surface area contributed by atoms with Gasteiger partial charge in [-0.2, -0.15) is 0 Å². The first-order valence-corrected chi connectivity index (χ1v) is 12.3. The van der Waals surface area contributed by atoms with Crippen LogP contribution in [0.15, 0.2) is 70.4 Å². The molecule has 0 atom stereocenters. The van der Waals surface area contributed by atoms with Gasteiger partial charge in [0.25, 0.3) is 5.91 Å². The molecule has 0 unspecified atom stereocenters. The number of halogens is 2. The quantitative estimate of drug-likeness (QED) is 0.290. The molecule has 37 heavy (non-hydrogen) atoms. The molecule has 4 aromatic rings. The number of amides is 1. The number of rotatable bonds is 10. The van der Waals surface area contributed by atoms with Gasteiger partial charge in [0.2, 0.25) is 0 Å². The van der Waals surface area contributed by atoms with Gasteiger partial charge in [-0.15, -0.1) is 11.8 Å². The molecule has 8 nitrogen and oxygen atoms in total. The third kappa shape index (κ3) is 6.36. The number of thioether (sulfide) groups is 1. The van der Waals surface area contributed by atoms with E-state index in [0.29, 0.717) is 33.2 Å². The number of imidazole rings is 1. The van der Waals surface area contributed by atoms with Crippen LogP contribution in [0, 0.1) is 11.6 Å². The molecule has 0 aliphatic heterocycles. The summed E-state index contributed by atoms with van der Waals surface area (Å²) in [4.78, 5) is 30.1. The summed E-state index contributed by atoms with van der Waals surface area (Å²) >= 11 is 1.32. The van der Waals surface area contributed by atoms with Crippen molar-refractivity contribution in [3.63, 3.8) is 0 Å². The first-order valence-electron chi connectivity index (χ1n) is 11.1. The molecule has 0 bridgehead atoms. The fourth-order valence-corrected chi connectivity index (χ4v) is 4.26. The molecule has 0 aliphatic carbocycles. The van der Waals surface area contributed by atoms with Gasteiger partial charge in [-0.05, 0) is 53.8 Å². The van der Waals surface area contributed by atoms with Crippen molar-refractivity contribution in [3.05, 3.63) is 89.9 Å². The zero-order chi connectivity index (χ0) is 26.5. The Bertz CT molecular complexity index is 1420. The Labute approximate surface area is 215 Å². The summed E-state index contributed by atoms with van der Waals surface area (Å²) in [7, 11) is 1.77. The SMILES string of the molecule is CSc1cc(F)c(F)cc1-c1ccc(OCc2ccc(C(=O)N(CC(=O)O)Cc3cn(C)cn3)o2)cc1. The molecule has 0 radical (unpaired) electrons. The average Bonchev–Trinajstić information content (AvgIpc) is 3.52. The van der Waals surface area contributed by atoms with E-state index in [1.54, 1.807) is 60.7 Å². The molecule has 0 fully saturated rings. The first-order chi connectivity index (χ1) is 17.7. The van der Waals surface area contributed by atoms with Gasteiger partial charge in [-0.1, -0.05) is 12.1 Å². The smallest absolute Gasteiger partial charge is 0.323 e. The van der Waals surface area contributed by atoms with Crippen LogP contribution in [-0.4, -0.2) is 44.2 Å². The lowest BCUT2D eigenvalue weighted by Gasteiger charge is -2.18. The summed E-state index contributed by atoms with van der Waals surface area (Å²) in [6.45, 7) is -0.474. The van der Waals surface area contributed by atoms with Crippen molar-refractivity contribution >= 4 is 23.6 Å². The lowest BCUT2D eigenvalue weighted by atomic mass is 10.1. The second kappa shape index (κ2) is 11.3. The van der Waals surface area contributed by atoms with Gasteiger partial charge in [-0.25, -0.2) is 13.8 Å². The molecule has 192 valence electrons. The number of carbonyl (C=O) groups excluding carboxylic acids is 1. The van der Waals surface area contributed by atoms with Crippen LogP contribution >= 0.6 is 11.8 Å². The maximum absolute atomic E-state index is 13.8. The van der Waals surface area contributed by atoms with E-state index in [1.807, 2.05) is 0 Å². The van der Waals surface area contributed by atoms with Crippen LogP contribution in [-0.2, 0) is 25.0 Å². The molecule has 11 heteroatoms. The molecular weight excluding hydrogens is 504 g/mol. The molecule has 1 amide bonds. The predicted molar refractivity (Wildman–Crippen MR) is 132 cm³/mol. The average molecular weight is 528 g/mol. The molecule has 0 saturated heterocycles. The van der Waals surface area contributed by atoms with Crippen LogP contribution in [0.2, 0.25) is 0 Å². The van der Waals surface area contributed by atoms with Gasteiger partial charge < -0.3 is 23.7 Å². The third-order valence-corrected chi connectivity index (χ3v) is 6.16. The van der Waals surface area contributed by atoms with Gasteiger partial charge >= 0.3 is 5.97 Å². The Morgan fingerprint density at radius 1 is 1.14 bits per heavy atom. The van der Waals surface area contributed by atoms with E-state index in [-0.39, 0.29) is 18.9 Å². The maximum atomic E-state index is 13.8. The molecule has 0 spiro atoms. The second-order valence-electron chi connectivity index (χ2n) is 8.13. The van der Waals surface area contributed by atoms with Gasteiger partial charge in [0.05, 0.1) is 18.6 Å². The Hall–Kier alpha value is -4.12. The Balaban J connectivity index is 1.41. The third-order valence-electron chi connectivity index (χ3n) is 5.39. The molecule has 0 aliphatic rings. The van der Waals surface area contributed by atoms with E-state index in [9.17, 15) is 23.5 Å². The summed E-state index contributed by atoms with van der Waals surface area (Å²) in [5.74, 6) is -2.70. The lowest BCUT2D eigenvalue weighted by molar-refractivity contribution is -0.137. The van der Waals surface area contributed by atoms with Gasteiger partial charge in [0, 0.05) is 18.1 Å². The number of hydrogen-bond donors (Lipinski definition) is 1. The number of hydrogen-bond acceptors (Lipinski definition) is 6. The number of aromatic nitrogens is 2. The maximum Gasteiger partial charge on any atom is 0.323 e. The minimum atomic E-state index is -1.16. The number of benzene rings is 2. The van der Waals surface area contributed by atoms with E-state index in [1.165, 1.54) is 30.0 Å². The number of ether oxygens (including phenoxy) is 1. The van der Waals surface area contributed by atoms with E-state index in [4.69, 9.17) is 9.15 Å². The van der Waals surface area contributed by atoms with E-state index >= 15 is 0 Å². The van der Waals surface area contributed by atoms with Gasteiger partial charge in [-0.3, -0.25) is 9.59 Å². The summed E-state index contributed by atoms with van der Waals surface area (Å²) in [6, 6.07) is 12.2. The van der Waals surface area contributed by atoms with E-state index in [2.05, 4.69) is 4.98 Å². The highest BCUT2D eigenvalue weighted by atomic mass is 32.2. The van der Waals surface area contributed by atoms with Crippen LogP contribution in [0.4, 0.5) is 8.78 Å². The zero-order valence-electron chi connectivity index (χ0n) is 20.0. The molecule has 0 saturated carbocycles.